The van der Waals surface area contributed by atoms with E-state index in [1.165, 1.54) is 4.57 Å². The van der Waals surface area contributed by atoms with Crippen molar-refractivity contribution >= 4 is 16.8 Å². The topological polar surface area (TPSA) is 93.2 Å². The maximum Gasteiger partial charge on any atom is 0.328 e. The van der Waals surface area contributed by atoms with Crippen LogP contribution in [0.5, 0.6) is 5.75 Å². The van der Waals surface area contributed by atoms with E-state index in [9.17, 15) is 14.4 Å². The van der Waals surface area contributed by atoms with E-state index in [0.717, 1.165) is 37.0 Å². The second kappa shape index (κ2) is 8.18. The maximum atomic E-state index is 12.9. The van der Waals surface area contributed by atoms with Crippen LogP contribution in [0.1, 0.15) is 37.7 Å². The van der Waals surface area contributed by atoms with Crippen molar-refractivity contribution in [2.75, 3.05) is 7.11 Å². The summed E-state index contributed by atoms with van der Waals surface area (Å²) in [4.78, 5) is 39.5. The number of aryl methyl sites for hydroxylation is 1. The first-order valence-electron chi connectivity index (χ1n) is 10.2. The summed E-state index contributed by atoms with van der Waals surface area (Å²) < 4.78 is 6.69. The van der Waals surface area contributed by atoms with Gasteiger partial charge in [-0.2, -0.15) is 0 Å². The minimum absolute atomic E-state index is 0.116. The molecule has 1 saturated carbocycles. The molecule has 0 aliphatic heterocycles. The van der Waals surface area contributed by atoms with Crippen molar-refractivity contribution in [2.45, 2.75) is 44.2 Å². The van der Waals surface area contributed by atoms with E-state index < -0.39 is 11.2 Å². The van der Waals surface area contributed by atoms with Gasteiger partial charge in [0.15, 0.2) is 0 Å². The fraction of sp³-hybridized carbons (Fsp3) is 0.348. The zero-order valence-electron chi connectivity index (χ0n) is 16.9. The first-order valence-corrected chi connectivity index (χ1v) is 10.2. The fourth-order valence-electron chi connectivity index (χ4n) is 4.38. The van der Waals surface area contributed by atoms with Crippen LogP contribution in [0.15, 0.2) is 58.1 Å². The van der Waals surface area contributed by atoms with Gasteiger partial charge in [0.2, 0.25) is 5.91 Å². The van der Waals surface area contributed by atoms with Crippen molar-refractivity contribution in [1.29, 1.82) is 0 Å². The number of aromatic amines is 1. The highest BCUT2D eigenvalue weighted by Crippen LogP contribution is 2.39. The van der Waals surface area contributed by atoms with E-state index in [4.69, 9.17) is 4.74 Å². The Balaban J connectivity index is 1.53. The molecular formula is C23H25N3O4. The van der Waals surface area contributed by atoms with E-state index in [0.29, 0.717) is 10.9 Å². The summed E-state index contributed by atoms with van der Waals surface area (Å²) >= 11 is 0. The number of hydrogen-bond acceptors (Lipinski definition) is 4. The molecule has 4 rings (SSSR count). The molecule has 1 aliphatic rings. The Hall–Kier alpha value is -3.35. The van der Waals surface area contributed by atoms with Crippen LogP contribution >= 0.6 is 0 Å². The Morgan fingerprint density at radius 1 is 1.10 bits per heavy atom. The van der Waals surface area contributed by atoms with Crippen LogP contribution in [0.3, 0.4) is 0 Å². The number of aromatic nitrogens is 2. The lowest BCUT2D eigenvalue weighted by molar-refractivity contribution is -0.123. The predicted molar refractivity (Wildman–Crippen MR) is 115 cm³/mol. The SMILES string of the molecule is COc1ccc(C2(NC(=O)CCn3c(=O)[nH]c(=O)c4ccccc43)CCCC2)cc1. The second-order valence-electron chi connectivity index (χ2n) is 7.74. The highest BCUT2D eigenvalue weighted by atomic mass is 16.5. The van der Waals surface area contributed by atoms with E-state index in [1.807, 2.05) is 24.3 Å². The van der Waals surface area contributed by atoms with Gasteiger partial charge < -0.3 is 10.1 Å². The zero-order chi connectivity index (χ0) is 21.1. The molecule has 0 atom stereocenters. The fourth-order valence-corrected chi connectivity index (χ4v) is 4.38. The zero-order valence-corrected chi connectivity index (χ0v) is 16.9. The Bertz CT molecular complexity index is 1170. The minimum atomic E-state index is -0.503. The van der Waals surface area contributed by atoms with Gasteiger partial charge in [0.05, 0.1) is 23.6 Å². The van der Waals surface area contributed by atoms with Gasteiger partial charge in [-0.05, 0) is 42.7 Å². The standard InChI is InChI=1S/C23H25N3O4/c1-30-17-10-8-16(9-11-17)23(13-4-5-14-23)25-20(27)12-15-26-19-7-3-2-6-18(19)21(28)24-22(26)29/h2-3,6-11H,4-5,12-15H2,1H3,(H,25,27)(H,24,28,29). The maximum absolute atomic E-state index is 12.9. The van der Waals surface area contributed by atoms with Crippen molar-refractivity contribution in [3.8, 4) is 5.75 Å². The molecule has 156 valence electrons. The van der Waals surface area contributed by atoms with Crippen molar-refractivity contribution in [1.82, 2.24) is 14.9 Å². The number of ether oxygens (including phenoxy) is 1. The highest BCUT2D eigenvalue weighted by molar-refractivity contribution is 5.79. The van der Waals surface area contributed by atoms with Gasteiger partial charge in [0.25, 0.3) is 5.56 Å². The number of nitrogens with one attached hydrogen (secondary N) is 2. The van der Waals surface area contributed by atoms with Crippen molar-refractivity contribution in [2.24, 2.45) is 0 Å². The number of carbonyl (C=O) groups is 1. The Kier molecular flexibility index (Phi) is 5.44. The molecule has 1 heterocycles. The van der Waals surface area contributed by atoms with Crippen LogP contribution in [0.2, 0.25) is 0 Å². The van der Waals surface area contributed by atoms with Gasteiger partial charge in [-0.1, -0.05) is 37.1 Å². The number of carbonyl (C=O) groups excluding carboxylic acids is 1. The Morgan fingerprint density at radius 2 is 1.80 bits per heavy atom. The largest absolute Gasteiger partial charge is 0.497 e. The summed E-state index contributed by atoms with van der Waals surface area (Å²) in [7, 11) is 1.63. The molecule has 1 aromatic heterocycles. The lowest BCUT2D eigenvalue weighted by Crippen LogP contribution is -2.44. The molecule has 0 bridgehead atoms. The molecule has 7 heteroatoms. The summed E-state index contributed by atoms with van der Waals surface area (Å²) in [6.07, 6.45) is 4.01. The lowest BCUT2D eigenvalue weighted by atomic mass is 9.88. The van der Waals surface area contributed by atoms with Crippen LogP contribution in [0.25, 0.3) is 10.9 Å². The molecule has 0 saturated heterocycles. The summed E-state index contributed by atoms with van der Waals surface area (Å²) in [5, 5.41) is 3.66. The molecular weight excluding hydrogens is 382 g/mol. The van der Waals surface area contributed by atoms with Gasteiger partial charge in [-0.15, -0.1) is 0 Å². The number of amides is 1. The van der Waals surface area contributed by atoms with Crippen LogP contribution in [-0.4, -0.2) is 22.6 Å². The van der Waals surface area contributed by atoms with Gasteiger partial charge in [0, 0.05) is 13.0 Å². The number of methoxy groups -OCH3 is 1. The van der Waals surface area contributed by atoms with Gasteiger partial charge in [-0.25, -0.2) is 4.79 Å². The number of benzene rings is 2. The van der Waals surface area contributed by atoms with Gasteiger partial charge in [0.1, 0.15) is 5.75 Å². The number of fused-ring (bicyclic) bond motifs is 1. The highest BCUT2D eigenvalue weighted by Gasteiger charge is 2.36. The first kappa shape index (κ1) is 19.9. The number of hydrogen-bond donors (Lipinski definition) is 2. The Morgan fingerprint density at radius 3 is 2.50 bits per heavy atom. The third kappa shape index (κ3) is 3.75. The van der Waals surface area contributed by atoms with Crippen molar-refractivity contribution in [3.63, 3.8) is 0 Å². The third-order valence-corrected chi connectivity index (χ3v) is 5.95. The third-order valence-electron chi connectivity index (χ3n) is 5.95. The van der Waals surface area contributed by atoms with Crippen molar-refractivity contribution in [3.05, 3.63) is 74.9 Å². The van der Waals surface area contributed by atoms with Crippen LogP contribution in [0.4, 0.5) is 0 Å². The number of rotatable bonds is 6. The molecule has 7 nitrogen and oxygen atoms in total. The average Bonchev–Trinajstić information content (AvgIpc) is 3.23. The first-order chi connectivity index (χ1) is 14.5. The summed E-state index contributed by atoms with van der Waals surface area (Å²) in [5.74, 6) is 0.664. The molecule has 1 aliphatic carbocycles. The van der Waals surface area contributed by atoms with Crippen LogP contribution < -0.4 is 21.3 Å². The Labute approximate surface area is 173 Å². The molecule has 3 aromatic rings. The smallest absolute Gasteiger partial charge is 0.328 e. The second-order valence-corrected chi connectivity index (χ2v) is 7.74. The average molecular weight is 407 g/mol. The molecule has 0 spiro atoms. The van der Waals surface area contributed by atoms with Crippen LogP contribution in [-0.2, 0) is 16.9 Å². The molecule has 30 heavy (non-hydrogen) atoms. The van der Waals surface area contributed by atoms with E-state index in [1.54, 1.807) is 31.4 Å². The van der Waals surface area contributed by atoms with Gasteiger partial charge >= 0.3 is 5.69 Å². The van der Waals surface area contributed by atoms with Gasteiger partial charge in [-0.3, -0.25) is 19.1 Å². The molecule has 2 aromatic carbocycles. The molecule has 1 fully saturated rings. The van der Waals surface area contributed by atoms with Crippen molar-refractivity contribution < 1.29 is 9.53 Å². The quantitative estimate of drug-likeness (QED) is 0.657. The number of para-hydroxylation sites is 1. The number of nitrogens with zero attached hydrogens (tertiary/aromatic N) is 1. The van der Waals surface area contributed by atoms with E-state index in [-0.39, 0.29) is 24.4 Å². The molecule has 2 N–H and O–H groups in total. The molecule has 0 radical (unpaired) electrons. The molecule has 0 unspecified atom stereocenters. The van der Waals surface area contributed by atoms with E-state index >= 15 is 0 Å². The normalized spacial score (nSPS) is 15.2. The molecule has 1 amide bonds. The predicted octanol–water partition coefficient (Wildman–Crippen LogP) is 2.67. The summed E-state index contributed by atoms with van der Waals surface area (Å²) in [6, 6.07) is 14.7. The monoisotopic (exact) mass is 407 g/mol. The minimum Gasteiger partial charge on any atom is -0.497 e. The van der Waals surface area contributed by atoms with Crippen LogP contribution in [0, 0.1) is 0 Å². The number of H-pyrrole nitrogens is 1. The lowest BCUT2D eigenvalue weighted by Gasteiger charge is -2.31. The summed E-state index contributed by atoms with van der Waals surface area (Å²) in [5.41, 5.74) is 0.296. The van der Waals surface area contributed by atoms with E-state index in [2.05, 4.69) is 10.3 Å². The summed E-state index contributed by atoms with van der Waals surface area (Å²) in [6.45, 7) is 0.195.